The Morgan fingerprint density at radius 1 is 0.941 bits per heavy atom. The minimum absolute atomic E-state index is 0.108. The lowest BCUT2D eigenvalue weighted by Gasteiger charge is -2.47. The molecule has 3 atom stereocenters. The van der Waals surface area contributed by atoms with Gasteiger partial charge in [-0.25, -0.2) is 4.68 Å². The van der Waals surface area contributed by atoms with Crippen molar-refractivity contribution >= 4 is 45.0 Å². The Bertz CT molecular complexity index is 1810. The second-order valence-corrected chi connectivity index (χ2v) is 15.5. The van der Waals surface area contributed by atoms with Crippen LogP contribution in [0.1, 0.15) is 66.8 Å². The molecule has 270 valence electrons. The average Bonchev–Trinajstić information content (AvgIpc) is 3.14. The molecule has 0 bridgehead atoms. The summed E-state index contributed by atoms with van der Waals surface area (Å²) >= 11 is 3.43. The van der Waals surface area contributed by atoms with Gasteiger partial charge in [0.05, 0.1) is 11.9 Å². The molecule has 51 heavy (non-hydrogen) atoms. The van der Waals surface area contributed by atoms with Crippen molar-refractivity contribution in [2.75, 3.05) is 56.5 Å². The third kappa shape index (κ3) is 7.84. The molecule has 5 heterocycles. The van der Waals surface area contributed by atoms with Crippen molar-refractivity contribution in [3.05, 3.63) is 80.7 Å². The number of nitrogens with zero attached hydrogens (tertiary/aromatic N) is 5. The highest BCUT2D eigenvalue weighted by molar-refractivity contribution is 9.10. The Labute approximate surface area is 306 Å². The van der Waals surface area contributed by atoms with E-state index in [0.29, 0.717) is 34.7 Å². The molecule has 4 fully saturated rings. The number of aryl methyl sites for hydroxylation is 1. The summed E-state index contributed by atoms with van der Waals surface area (Å²) < 4.78 is 7.65. The van der Waals surface area contributed by atoms with E-state index in [9.17, 15) is 19.2 Å². The van der Waals surface area contributed by atoms with Gasteiger partial charge in [-0.15, -0.1) is 0 Å². The SMILES string of the molecule is CN1C[C@H](Nc2cnn(C)c(=O)c2Br)C[C@H](c2ccc(C(=O)N3CCC4(CC3)CCN(c3ccc(OC5CCC(=O)NC5=O)cc3)CC4)cc2)C1. The van der Waals surface area contributed by atoms with Gasteiger partial charge in [0.15, 0.2) is 6.10 Å². The number of ether oxygens (including phenoxy) is 1. The number of likely N-dealkylation sites (N-methyl/N-ethyl adjacent to an activating group) is 1. The fourth-order valence-electron chi connectivity index (χ4n) is 8.19. The summed E-state index contributed by atoms with van der Waals surface area (Å²) in [6, 6.07) is 16.2. The summed E-state index contributed by atoms with van der Waals surface area (Å²) in [5.41, 5.74) is 3.89. The summed E-state index contributed by atoms with van der Waals surface area (Å²) in [6.45, 7) is 5.28. The van der Waals surface area contributed by atoms with E-state index in [1.807, 2.05) is 41.3 Å². The molecule has 3 amide bonds. The number of aromatic nitrogens is 2. The van der Waals surface area contributed by atoms with Crippen LogP contribution >= 0.6 is 15.9 Å². The summed E-state index contributed by atoms with van der Waals surface area (Å²) in [7, 11) is 3.75. The Morgan fingerprint density at radius 3 is 2.31 bits per heavy atom. The number of carbonyl (C=O) groups is 3. The zero-order chi connectivity index (χ0) is 35.7. The van der Waals surface area contributed by atoms with E-state index in [-0.39, 0.29) is 34.7 Å². The Hall–Kier alpha value is -4.23. The van der Waals surface area contributed by atoms with Gasteiger partial charge in [0.1, 0.15) is 10.2 Å². The fourth-order valence-corrected chi connectivity index (χ4v) is 8.66. The maximum absolute atomic E-state index is 13.6. The maximum atomic E-state index is 13.6. The highest BCUT2D eigenvalue weighted by Gasteiger charge is 2.39. The van der Waals surface area contributed by atoms with E-state index < -0.39 is 6.10 Å². The van der Waals surface area contributed by atoms with E-state index in [1.54, 1.807) is 13.2 Å². The van der Waals surface area contributed by atoms with Crippen molar-refractivity contribution < 1.29 is 19.1 Å². The first kappa shape index (κ1) is 35.2. The van der Waals surface area contributed by atoms with Crippen LogP contribution < -0.4 is 25.8 Å². The molecule has 1 aromatic heterocycles. The lowest BCUT2D eigenvalue weighted by atomic mass is 9.71. The molecule has 4 aliphatic heterocycles. The van der Waals surface area contributed by atoms with Crippen LogP contribution in [-0.4, -0.2) is 95.8 Å². The van der Waals surface area contributed by atoms with E-state index >= 15 is 0 Å². The number of amides is 3. The quantitative estimate of drug-likeness (QED) is 0.342. The standard InChI is InChI=1S/C38H46BrN7O5/c1-43-23-27(21-28(24-43)41-31-22-40-44(2)37(50)34(31)39)25-3-5-26(6-4-25)36(49)46-19-15-38(16-20-46)13-17-45(18-14-38)29-7-9-30(10-8-29)51-32-11-12-33(47)42-35(32)48/h3-10,22,27-28,32,41H,11-21,23-24H2,1-2H3,(H,42,47,48)/t27-,28+,32?/m0/s1. The number of hydrogen-bond donors (Lipinski definition) is 2. The molecule has 0 radical (unpaired) electrons. The minimum atomic E-state index is -0.636. The Balaban J connectivity index is 0.887. The van der Waals surface area contributed by atoms with Gasteiger partial charge in [-0.2, -0.15) is 5.10 Å². The predicted octanol–water partition coefficient (Wildman–Crippen LogP) is 4.15. The summed E-state index contributed by atoms with van der Waals surface area (Å²) in [6.07, 6.45) is 6.88. The molecular weight excluding hydrogens is 714 g/mol. The average molecular weight is 761 g/mol. The van der Waals surface area contributed by atoms with Gasteiger partial charge >= 0.3 is 0 Å². The fraction of sp³-hybridized carbons (Fsp3) is 0.500. The van der Waals surface area contributed by atoms with E-state index in [1.165, 1.54) is 10.2 Å². The number of piperidine rings is 4. The van der Waals surface area contributed by atoms with Crippen molar-refractivity contribution in [1.82, 2.24) is 24.9 Å². The maximum Gasteiger partial charge on any atom is 0.282 e. The molecule has 0 aliphatic carbocycles. The van der Waals surface area contributed by atoms with Crippen LogP contribution in [0.15, 0.2) is 64.0 Å². The molecule has 7 rings (SSSR count). The smallest absolute Gasteiger partial charge is 0.282 e. The molecule has 12 nitrogen and oxygen atoms in total. The van der Waals surface area contributed by atoms with Crippen LogP contribution in [0.3, 0.4) is 0 Å². The number of imide groups is 1. The minimum Gasteiger partial charge on any atom is -0.481 e. The third-order valence-corrected chi connectivity index (χ3v) is 12.1. The lowest BCUT2D eigenvalue weighted by Crippen LogP contribution is -2.48. The van der Waals surface area contributed by atoms with Crippen molar-refractivity contribution in [1.29, 1.82) is 0 Å². The summed E-state index contributed by atoms with van der Waals surface area (Å²) in [5, 5.41) is 10.0. The predicted molar refractivity (Wildman–Crippen MR) is 198 cm³/mol. The lowest BCUT2D eigenvalue weighted by molar-refractivity contribution is -0.138. The first-order chi connectivity index (χ1) is 24.6. The number of halogens is 1. The van der Waals surface area contributed by atoms with Crippen molar-refractivity contribution in [2.24, 2.45) is 12.5 Å². The highest BCUT2D eigenvalue weighted by atomic mass is 79.9. The van der Waals surface area contributed by atoms with Gasteiger partial charge in [-0.1, -0.05) is 12.1 Å². The number of anilines is 2. The van der Waals surface area contributed by atoms with Crippen LogP contribution in [0.25, 0.3) is 0 Å². The van der Waals surface area contributed by atoms with Crippen LogP contribution in [-0.2, 0) is 16.6 Å². The van der Waals surface area contributed by atoms with Crippen molar-refractivity contribution in [3.63, 3.8) is 0 Å². The zero-order valence-electron chi connectivity index (χ0n) is 29.3. The third-order valence-electron chi connectivity index (χ3n) is 11.3. The van der Waals surface area contributed by atoms with Crippen LogP contribution in [0.2, 0.25) is 0 Å². The number of carbonyl (C=O) groups excluding carboxylic acids is 3. The van der Waals surface area contributed by atoms with Crippen molar-refractivity contribution in [3.8, 4) is 5.75 Å². The van der Waals surface area contributed by atoms with E-state index in [4.69, 9.17) is 4.74 Å². The second kappa shape index (κ2) is 14.8. The van der Waals surface area contributed by atoms with Crippen LogP contribution in [0, 0.1) is 5.41 Å². The van der Waals surface area contributed by atoms with Gasteiger partial charge in [0.2, 0.25) is 5.91 Å². The molecule has 1 unspecified atom stereocenters. The normalized spacial score (nSPS) is 23.9. The van der Waals surface area contributed by atoms with Gasteiger partial charge in [0, 0.05) is 76.5 Å². The molecule has 3 aromatic rings. The highest BCUT2D eigenvalue weighted by Crippen LogP contribution is 2.42. The van der Waals surface area contributed by atoms with Crippen LogP contribution in [0.4, 0.5) is 11.4 Å². The number of likely N-dealkylation sites (tertiary alicyclic amines) is 2. The largest absolute Gasteiger partial charge is 0.481 e. The first-order valence-electron chi connectivity index (χ1n) is 18.0. The second-order valence-electron chi connectivity index (χ2n) is 14.7. The number of hydrogen-bond acceptors (Lipinski definition) is 9. The molecular formula is C38H46BrN7O5. The topological polar surface area (TPSA) is 129 Å². The van der Waals surface area contributed by atoms with Gasteiger partial charge in [0.25, 0.3) is 17.4 Å². The van der Waals surface area contributed by atoms with Gasteiger partial charge < -0.3 is 24.8 Å². The molecule has 0 saturated carbocycles. The monoisotopic (exact) mass is 759 g/mol. The van der Waals surface area contributed by atoms with Crippen molar-refractivity contribution in [2.45, 2.75) is 63.0 Å². The van der Waals surface area contributed by atoms with Crippen LogP contribution in [0.5, 0.6) is 5.75 Å². The summed E-state index contributed by atoms with van der Waals surface area (Å²) in [4.78, 5) is 56.1. The number of rotatable bonds is 7. The Morgan fingerprint density at radius 2 is 1.63 bits per heavy atom. The zero-order valence-corrected chi connectivity index (χ0v) is 30.9. The van der Waals surface area contributed by atoms with Gasteiger partial charge in [-0.3, -0.25) is 24.5 Å². The molecule has 1 spiro atoms. The molecule has 2 N–H and O–H groups in total. The molecule has 2 aromatic carbocycles. The number of nitrogens with one attached hydrogen (secondary N) is 2. The Kier molecular flexibility index (Phi) is 10.2. The summed E-state index contributed by atoms with van der Waals surface area (Å²) in [5.74, 6) is 0.410. The van der Waals surface area contributed by atoms with E-state index in [2.05, 4.69) is 60.6 Å². The van der Waals surface area contributed by atoms with Gasteiger partial charge in [-0.05, 0) is 108 Å². The first-order valence-corrected chi connectivity index (χ1v) is 18.8. The van der Waals surface area contributed by atoms with E-state index in [0.717, 1.165) is 82.6 Å². The number of benzene rings is 2. The molecule has 4 aliphatic rings. The molecule has 13 heteroatoms. The molecule has 4 saturated heterocycles.